The number of nitrogens with one attached hydrogen (secondary N) is 2. The minimum atomic E-state index is -0.0193. The summed E-state index contributed by atoms with van der Waals surface area (Å²) in [5.41, 5.74) is 0. The predicted octanol–water partition coefficient (Wildman–Crippen LogP) is 2.00. The average Bonchev–Trinajstić information content (AvgIpc) is 3.23. The molecule has 3 heterocycles. The van der Waals surface area contributed by atoms with Gasteiger partial charge in [-0.2, -0.15) is 4.98 Å². The van der Waals surface area contributed by atoms with E-state index in [1.807, 2.05) is 4.90 Å². The molecule has 1 aliphatic heterocycles. The molecule has 3 rings (SSSR count). The van der Waals surface area contributed by atoms with Crippen molar-refractivity contribution in [2.75, 3.05) is 19.6 Å². The van der Waals surface area contributed by atoms with E-state index in [0.717, 1.165) is 19.4 Å². The number of H-pyrrole nitrogens is 1. The van der Waals surface area contributed by atoms with Gasteiger partial charge in [-0.1, -0.05) is 19.0 Å². The molecule has 0 spiro atoms. The number of nitrogens with zero attached hydrogens (tertiary/aromatic N) is 4. The van der Waals surface area contributed by atoms with Gasteiger partial charge in [0, 0.05) is 32.0 Å². The van der Waals surface area contributed by atoms with Crippen LogP contribution in [-0.4, -0.2) is 50.7 Å². The topological polar surface area (TPSA) is 99.9 Å². The Labute approximate surface area is 134 Å². The van der Waals surface area contributed by atoms with Gasteiger partial charge in [-0.3, -0.25) is 0 Å². The van der Waals surface area contributed by atoms with Crippen LogP contribution in [0.4, 0.5) is 4.79 Å². The van der Waals surface area contributed by atoms with E-state index in [0.29, 0.717) is 36.5 Å². The highest BCUT2D eigenvalue weighted by Crippen LogP contribution is 2.26. The smallest absolute Gasteiger partial charge is 0.317 e. The Kier molecular flexibility index (Phi) is 4.59. The van der Waals surface area contributed by atoms with Crippen LogP contribution in [0.3, 0.4) is 0 Å². The Balaban J connectivity index is 1.63. The van der Waals surface area contributed by atoms with Crippen LogP contribution in [0.2, 0.25) is 0 Å². The summed E-state index contributed by atoms with van der Waals surface area (Å²) in [6.45, 7) is 6.20. The molecule has 0 saturated carbocycles. The second-order valence-corrected chi connectivity index (χ2v) is 6.26. The minimum absolute atomic E-state index is 0.0193. The Bertz CT molecular complexity index is 636. The first kappa shape index (κ1) is 15.5. The van der Waals surface area contributed by atoms with Gasteiger partial charge < -0.3 is 19.7 Å². The molecular formula is C15H22N6O2. The Morgan fingerprint density at radius 1 is 1.57 bits per heavy atom. The maximum atomic E-state index is 12.2. The predicted molar refractivity (Wildman–Crippen MR) is 83.7 cm³/mol. The van der Waals surface area contributed by atoms with Crippen LogP contribution in [-0.2, 0) is 0 Å². The van der Waals surface area contributed by atoms with E-state index < -0.39 is 0 Å². The maximum Gasteiger partial charge on any atom is 0.317 e. The van der Waals surface area contributed by atoms with E-state index in [-0.39, 0.29) is 11.9 Å². The number of amides is 2. The Morgan fingerprint density at radius 3 is 3.17 bits per heavy atom. The van der Waals surface area contributed by atoms with Crippen molar-refractivity contribution < 1.29 is 9.32 Å². The highest BCUT2D eigenvalue weighted by Gasteiger charge is 2.28. The zero-order valence-electron chi connectivity index (χ0n) is 13.5. The van der Waals surface area contributed by atoms with Crippen LogP contribution in [0.1, 0.15) is 38.5 Å². The average molecular weight is 318 g/mol. The summed E-state index contributed by atoms with van der Waals surface area (Å²) in [7, 11) is 0. The lowest BCUT2D eigenvalue weighted by atomic mass is 9.98. The van der Waals surface area contributed by atoms with E-state index in [4.69, 9.17) is 4.52 Å². The number of aromatic nitrogens is 4. The summed E-state index contributed by atoms with van der Waals surface area (Å²) in [6, 6.07) is -0.0193. The fourth-order valence-electron chi connectivity index (χ4n) is 2.65. The maximum absolute atomic E-state index is 12.2. The van der Waals surface area contributed by atoms with Gasteiger partial charge in [-0.25, -0.2) is 9.78 Å². The number of likely N-dealkylation sites (tertiary alicyclic amines) is 1. The molecule has 1 fully saturated rings. The number of carbonyl (C=O) groups excluding carboxylic acids is 1. The number of aromatic amines is 1. The van der Waals surface area contributed by atoms with Gasteiger partial charge in [0.25, 0.3) is 0 Å². The van der Waals surface area contributed by atoms with Gasteiger partial charge >= 0.3 is 6.03 Å². The fraction of sp³-hybridized carbons (Fsp3) is 0.600. The lowest BCUT2D eigenvalue weighted by Crippen LogP contribution is -2.45. The molecule has 2 amide bonds. The van der Waals surface area contributed by atoms with Crippen LogP contribution in [0, 0.1) is 5.92 Å². The van der Waals surface area contributed by atoms with Crippen LogP contribution in [0.15, 0.2) is 16.9 Å². The van der Waals surface area contributed by atoms with Crippen molar-refractivity contribution in [2.24, 2.45) is 5.92 Å². The van der Waals surface area contributed by atoms with Gasteiger partial charge in [0.05, 0.1) is 5.92 Å². The van der Waals surface area contributed by atoms with Gasteiger partial charge in [0.2, 0.25) is 11.7 Å². The number of carbonyl (C=O) groups is 1. The highest BCUT2D eigenvalue weighted by molar-refractivity contribution is 5.74. The van der Waals surface area contributed by atoms with Crippen molar-refractivity contribution in [3.63, 3.8) is 0 Å². The van der Waals surface area contributed by atoms with Gasteiger partial charge in [0.1, 0.15) is 0 Å². The number of hydrogen-bond donors (Lipinski definition) is 2. The highest BCUT2D eigenvalue weighted by atomic mass is 16.5. The molecule has 23 heavy (non-hydrogen) atoms. The Hall–Kier alpha value is -2.38. The molecule has 2 aromatic heterocycles. The van der Waals surface area contributed by atoms with Crippen LogP contribution in [0.5, 0.6) is 0 Å². The van der Waals surface area contributed by atoms with E-state index in [1.165, 1.54) is 0 Å². The molecule has 1 atom stereocenters. The van der Waals surface area contributed by atoms with Gasteiger partial charge in [-0.05, 0) is 18.8 Å². The SMILES string of the molecule is CC(C)CNC(=O)N1CCC[C@@H](c2nc(-c3ncc[nH]3)no2)C1. The van der Waals surface area contributed by atoms with E-state index in [1.54, 1.807) is 12.4 Å². The standard InChI is InChI=1S/C15H22N6O2/c1-10(2)8-18-15(22)21-7-3-4-11(9-21)14-19-13(20-23-14)12-16-5-6-17-12/h5-6,10-11H,3-4,7-9H2,1-2H3,(H,16,17)(H,18,22)/t11-/m1/s1. The van der Waals surface area contributed by atoms with Crippen molar-refractivity contribution in [1.29, 1.82) is 0 Å². The molecule has 0 bridgehead atoms. The molecule has 1 saturated heterocycles. The molecule has 124 valence electrons. The summed E-state index contributed by atoms with van der Waals surface area (Å²) in [5, 5.41) is 6.92. The molecule has 8 nitrogen and oxygen atoms in total. The summed E-state index contributed by atoms with van der Waals surface area (Å²) in [5.74, 6) is 2.11. The summed E-state index contributed by atoms with van der Waals surface area (Å²) >= 11 is 0. The van der Waals surface area contributed by atoms with Crippen LogP contribution >= 0.6 is 0 Å². The lowest BCUT2D eigenvalue weighted by molar-refractivity contribution is 0.171. The summed E-state index contributed by atoms with van der Waals surface area (Å²) < 4.78 is 5.37. The normalized spacial score (nSPS) is 18.4. The second kappa shape index (κ2) is 6.80. The summed E-state index contributed by atoms with van der Waals surface area (Å²) in [4.78, 5) is 25.5. The van der Waals surface area contributed by atoms with Crippen LogP contribution in [0.25, 0.3) is 11.6 Å². The molecule has 0 radical (unpaired) electrons. The third-order valence-corrected chi connectivity index (χ3v) is 3.87. The van der Waals surface area contributed by atoms with E-state index in [9.17, 15) is 4.79 Å². The molecule has 0 aromatic carbocycles. The van der Waals surface area contributed by atoms with Gasteiger partial charge in [-0.15, -0.1) is 0 Å². The van der Waals surface area contributed by atoms with Crippen LogP contribution < -0.4 is 5.32 Å². The molecular weight excluding hydrogens is 296 g/mol. The number of hydrogen-bond acceptors (Lipinski definition) is 5. The largest absolute Gasteiger partial charge is 0.342 e. The summed E-state index contributed by atoms with van der Waals surface area (Å²) in [6.07, 6.45) is 5.23. The first-order chi connectivity index (χ1) is 11.1. The van der Waals surface area contributed by atoms with E-state index >= 15 is 0 Å². The molecule has 0 unspecified atom stereocenters. The molecule has 8 heteroatoms. The Morgan fingerprint density at radius 2 is 2.43 bits per heavy atom. The van der Waals surface area contributed by atoms with Crippen molar-refractivity contribution in [3.8, 4) is 11.6 Å². The second-order valence-electron chi connectivity index (χ2n) is 6.26. The molecule has 1 aliphatic rings. The van der Waals surface area contributed by atoms with Crippen molar-refractivity contribution in [2.45, 2.75) is 32.6 Å². The first-order valence-corrected chi connectivity index (χ1v) is 7.99. The van der Waals surface area contributed by atoms with Gasteiger partial charge in [0.15, 0.2) is 5.82 Å². The third-order valence-electron chi connectivity index (χ3n) is 3.87. The fourth-order valence-corrected chi connectivity index (χ4v) is 2.65. The first-order valence-electron chi connectivity index (χ1n) is 7.99. The molecule has 2 aromatic rings. The van der Waals surface area contributed by atoms with E-state index in [2.05, 4.69) is 39.3 Å². The monoisotopic (exact) mass is 318 g/mol. The number of imidazole rings is 1. The number of piperidine rings is 1. The minimum Gasteiger partial charge on any atom is -0.342 e. The molecule has 2 N–H and O–H groups in total. The zero-order chi connectivity index (χ0) is 16.2. The van der Waals surface area contributed by atoms with Crippen molar-refractivity contribution in [1.82, 2.24) is 30.3 Å². The molecule has 0 aliphatic carbocycles. The quantitative estimate of drug-likeness (QED) is 0.898. The number of urea groups is 1. The number of rotatable bonds is 4. The third kappa shape index (κ3) is 3.69. The zero-order valence-corrected chi connectivity index (χ0v) is 13.5. The lowest BCUT2D eigenvalue weighted by Gasteiger charge is -2.31. The van der Waals surface area contributed by atoms with Crippen molar-refractivity contribution in [3.05, 3.63) is 18.3 Å². The van der Waals surface area contributed by atoms with Crippen molar-refractivity contribution >= 4 is 6.03 Å².